The van der Waals surface area contributed by atoms with Crippen LogP contribution in [-0.2, 0) is 0 Å². The van der Waals surface area contributed by atoms with Crippen molar-refractivity contribution >= 4 is 5.69 Å². The summed E-state index contributed by atoms with van der Waals surface area (Å²) < 4.78 is 6.06. The molecule has 110 valence electrons. The number of para-hydroxylation sites is 2. The molecule has 0 aromatic heterocycles. The molecule has 0 spiro atoms. The summed E-state index contributed by atoms with van der Waals surface area (Å²) in [4.78, 5) is 4.95. The Morgan fingerprint density at radius 2 is 2.10 bits per heavy atom. The lowest BCUT2D eigenvalue weighted by Crippen LogP contribution is -2.42. The maximum Gasteiger partial charge on any atom is 0.142 e. The van der Waals surface area contributed by atoms with Crippen molar-refractivity contribution in [3.8, 4) is 5.75 Å². The molecule has 0 bridgehead atoms. The largest absolute Gasteiger partial charge is 0.485 e. The number of ether oxygens (including phenoxy) is 1. The van der Waals surface area contributed by atoms with Gasteiger partial charge in [-0.05, 0) is 45.1 Å². The van der Waals surface area contributed by atoms with Crippen LogP contribution in [-0.4, -0.2) is 62.2 Å². The standard InChI is InChI=1S/C16H25N3O/c1-18(10-11-19-8-4-5-9-19)13-14-12-17-15-6-2-3-7-16(15)20-14/h2-3,6-7,14,17H,4-5,8-13H2,1H3. The number of benzene rings is 1. The molecule has 0 aliphatic carbocycles. The summed E-state index contributed by atoms with van der Waals surface area (Å²) in [6, 6.07) is 8.18. The van der Waals surface area contributed by atoms with Crippen LogP contribution in [0.25, 0.3) is 0 Å². The first-order valence-electron chi connectivity index (χ1n) is 7.72. The average Bonchev–Trinajstić information content (AvgIpc) is 2.98. The fourth-order valence-corrected chi connectivity index (χ4v) is 3.02. The van der Waals surface area contributed by atoms with E-state index in [0.717, 1.165) is 31.1 Å². The van der Waals surface area contributed by atoms with Gasteiger partial charge in [-0.15, -0.1) is 0 Å². The zero-order valence-electron chi connectivity index (χ0n) is 12.3. The van der Waals surface area contributed by atoms with Crippen LogP contribution in [0.4, 0.5) is 5.69 Å². The summed E-state index contributed by atoms with van der Waals surface area (Å²) in [5.41, 5.74) is 1.11. The van der Waals surface area contributed by atoms with Crippen molar-refractivity contribution in [1.29, 1.82) is 0 Å². The Hall–Kier alpha value is -1.26. The third-order valence-electron chi connectivity index (χ3n) is 4.21. The van der Waals surface area contributed by atoms with Crippen molar-refractivity contribution in [3.63, 3.8) is 0 Å². The van der Waals surface area contributed by atoms with Gasteiger partial charge in [-0.1, -0.05) is 12.1 Å². The molecular weight excluding hydrogens is 250 g/mol. The van der Waals surface area contributed by atoms with Gasteiger partial charge in [0.15, 0.2) is 0 Å². The Morgan fingerprint density at radius 1 is 1.30 bits per heavy atom. The smallest absolute Gasteiger partial charge is 0.142 e. The molecule has 0 saturated carbocycles. The summed E-state index contributed by atoms with van der Waals surface area (Å²) in [6.45, 7) is 6.75. The van der Waals surface area contributed by atoms with E-state index in [2.05, 4.69) is 28.2 Å². The molecule has 1 saturated heterocycles. The van der Waals surface area contributed by atoms with Gasteiger partial charge in [0.25, 0.3) is 0 Å². The molecular formula is C16H25N3O. The number of fused-ring (bicyclic) bond motifs is 1. The van der Waals surface area contributed by atoms with Gasteiger partial charge in [-0.2, -0.15) is 0 Å². The van der Waals surface area contributed by atoms with Crippen LogP contribution >= 0.6 is 0 Å². The number of hydrogen-bond donors (Lipinski definition) is 1. The topological polar surface area (TPSA) is 27.7 Å². The van der Waals surface area contributed by atoms with Crippen LogP contribution in [0.5, 0.6) is 5.75 Å². The van der Waals surface area contributed by atoms with Crippen LogP contribution in [0.15, 0.2) is 24.3 Å². The number of likely N-dealkylation sites (N-methyl/N-ethyl adjacent to an activating group) is 1. The molecule has 1 atom stereocenters. The van der Waals surface area contributed by atoms with Gasteiger partial charge in [0.2, 0.25) is 0 Å². The normalized spacial score (nSPS) is 22.4. The number of anilines is 1. The van der Waals surface area contributed by atoms with Gasteiger partial charge >= 0.3 is 0 Å². The minimum Gasteiger partial charge on any atom is -0.485 e. The fraction of sp³-hybridized carbons (Fsp3) is 0.625. The highest BCUT2D eigenvalue weighted by Crippen LogP contribution is 2.28. The SMILES string of the molecule is CN(CCN1CCCC1)CC1CNc2ccccc2O1. The third-order valence-corrected chi connectivity index (χ3v) is 4.21. The second-order valence-corrected chi connectivity index (χ2v) is 5.93. The van der Waals surface area contributed by atoms with Gasteiger partial charge < -0.3 is 19.9 Å². The predicted octanol–water partition coefficient (Wildman–Crippen LogP) is 1.89. The van der Waals surface area contributed by atoms with Gasteiger partial charge in [-0.25, -0.2) is 0 Å². The number of hydrogen-bond acceptors (Lipinski definition) is 4. The number of nitrogens with zero attached hydrogens (tertiary/aromatic N) is 2. The highest BCUT2D eigenvalue weighted by Gasteiger charge is 2.20. The van der Waals surface area contributed by atoms with E-state index in [0.29, 0.717) is 0 Å². The number of rotatable bonds is 5. The Balaban J connectivity index is 1.44. The highest BCUT2D eigenvalue weighted by atomic mass is 16.5. The molecule has 4 heteroatoms. The minimum absolute atomic E-state index is 0.244. The molecule has 1 fully saturated rings. The van der Waals surface area contributed by atoms with Crippen LogP contribution in [0.3, 0.4) is 0 Å². The summed E-state index contributed by atoms with van der Waals surface area (Å²) in [5, 5.41) is 3.45. The number of nitrogens with one attached hydrogen (secondary N) is 1. The quantitative estimate of drug-likeness (QED) is 0.888. The lowest BCUT2D eigenvalue weighted by Gasteiger charge is -2.31. The van der Waals surface area contributed by atoms with Crippen LogP contribution < -0.4 is 10.1 Å². The first-order valence-corrected chi connectivity index (χ1v) is 7.72. The fourth-order valence-electron chi connectivity index (χ4n) is 3.02. The monoisotopic (exact) mass is 275 g/mol. The van der Waals surface area contributed by atoms with Crippen LogP contribution in [0.2, 0.25) is 0 Å². The van der Waals surface area contributed by atoms with Gasteiger partial charge in [-0.3, -0.25) is 0 Å². The first kappa shape index (κ1) is 13.7. The molecule has 2 heterocycles. The molecule has 2 aliphatic heterocycles. The minimum atomic E-state index is 0.244. The Labute approximate surface area is 121 Å². The van der Waals surface area contributed by atoms with E-state index in [1.807, 2.05) is 18.2 Å². The maximum absolute atomic E-state index is 6.06. The second-order valence-electron chi connectivity index (χ2n) is 5.93. The van der Waals surface area contributed by atoms with Crippen LogP contribution in [0.1, 0.15) is 12.8 Å². The predicted molar refractivity (Wildman–Crippen MR) is 82.5 cm³/mol. The van der Waals surface area contributed by atoms with E-state index in [9.17, 15) is 0 Å². The molecule has 2 aliphatic rings. The van der Waals surface area contributed by atoms with Crippen LogP contribution in [0, 0.1) is 0 Å². The van der Waals surface area contributed by atoms with E-state index in [1.54, 1.807) is 0 Å². The molecule has 0 amide bonds. The average molecular weight is 275 g/mol. The molecule has 1 aromatic rings. The van der Waals surface area contributed by atoms with Crippen molar-refractivity contribution in [1.82, 2.24) is 9.80 Å². The maximum atomic E-state index is 6.06. The lowest BCUT2D eigenvalue weighted by atomic mass is 10.2. The van der Waals surface area contributed by atoms with Gasteiger partial charge in [0.1, 0.15) is 11.9 Å². The molecule has 0 radical (unpaired) electrons. The summed E-state index contributed by atoms with van der Waals surface area (Å²) in [7, 11) is 2.19. The van der Waals surface area contributed by atoms with E-state index in [1.165, 1.54) is 32.5 Å². The Bertz CT molecular complexity index is 431. The van der Waals surface area contributed by atoms with Crippen molar-refractivity contribution in [2.45, 2.75) is 18.9 Å². The molecule has 1 aromatic carbocycles. The van der Waals surface area contributed by atoms with Crippen molar-refractivity contribution in [2.75, 3.05) is 51.6 Å². The Kier molecular flexibility index (Phi) is 4.43. The second kappa shape index (κ2) is 6.46. The van der Waals surface area contributed by atoms with E-state index >= 15 is 0 Å². The lowest BCUT2D eigenvalue weighted by molar-refractivity contribution is 0.143. The summed E-state index contributed by atoms with van der Waals surface area (Å²) in [5.74, 6) is 0.983. The summed E-state index contributed by atoms with van der Waals surface area (Å²) in [6.07, 6.45) is 2.99. The highest BCUT2D eigenvalue weighted by molar-refractivity contribution is 5.57. The molecule has 3 rings (SSSR count). The zero-order valence-corrected chi connectivity index (χ0v) is 12.3. The first-order chi connectivity index (χ1) is 9.81. The summed E-state index contributed by atoms with van der Waals surface area (Å²) >= 11 is 0. The van der Waals surface area contributed by atoms with E-state index < -0.39 is 0 Å². The van der Waals surface area contributed by atoms with E-state index in [-0.39, 0.29) is 6.10 Å². The Morgan fingerprint density at radius 3 is 2.95 bits per heavy atom. The number of likely N-dealkylation sites (tertiary alicyclic amines) is 1. The van der Waals surface area contributed by atoms with Crippen molar-refractivity contribution < 1.29 is 4.74 Å². The van der Waals surface area contributed by atoms with Crippen molar-refractivity contribution in [2.24, 2.45) is 0 Å². The van der Waals surface area contributed by atoms with Gasteiger partial charge in [0, 0.05) is 19.6 Å². The molecule has 4 nitrogen and oxygen atoms in total. The molecule has 1 unspecified atom stereocenters. The third kappa shape index (κ3) is 3.44. The van der Waals surface area contributed by atoms with Crippen molar-refractivity contribution in [3.05, 3.63) is 24.3 Å². The molecule has 20 heavy (non-hydrogen) atoms. The van der Waals surface area contributed by atoms with E-state index in [4.69, 9.17) is 4.74 Å². The zero-order chi connectivity index (χ0) is 13.8. The molecule has 1 N–H and O–H groups in total. The van der Waals surface area contributed by atoms with Gasteiger partial charge in [0.05, 0.1) is 12.2 Å².